The number of aryl methyl sites for hydroxylation is 2. The third-order valence-corrected chi connectivity index (χ3v) is 8.99. The molecule has 2 bridgehead atoms. The highest BCUT2D eigenvalue weighted by Gasteiger charge is 2.48. The number of rotatable bonds is 11. The summed E-state index contributed by atoms with van der Waals surface area (Å²) in [7, 11) is 3.88. The SMILES string of the molecule is COc1ccc(C)c2nc(CCCN(C)CC[C@]3(OC(=O)C(C)C)C[C@H]4CCC[C@@H]3C=C4c3ccccc3)[nH]c12. The van der Waals surface area contributed by atoms with Gasteiger partial charge in [0.25, 0.3) is 0 Å². The van der Waals surface area contributed by atoms with Crippen LogP contribution in [0.15, 0.2) is 48.5 Å². The zero-order chi connectivity index (χ0) is 28.3. The van der Waals surface area contributed by atoms with Crippen LogP contribution in [0.2, 0.25) is 0 Å². The smallest absolute Gasteiger partial charge is 0.308 e. The highest BCUT2D eigenvalue weighted by molar-refractivity contribution is 5.84. The Labute approximate surface area is 239 Å². The number of carbonyl (C=O) groups is 1. The lowest BCUT2D eigenvalue weighted by atomic mass is 9.69. The van der Waals surface area contributed by atoms with Crippen LogP contribution in [-0.2, 0) is 16.0 Å². The van der Waals surface area contributed by atoms with E-state index in [4.69, 9.17) is 14.5 Å². The van der Waals surface area contributed by atoms with Gasteiger partial charge in [-0.05, 0) is 74.9 Å². The van der Waals surface area contributed by atoms with Gasteiger partial charge < -0.3 is 19.4 Å². The summed E-state index contributed by atoms with van der Waals surface area (Å²) < 4.78 is 12.0. The first-order chi connectivity index (χ1) is 19.3. The van der Waals surface area contributed by atoms with Crippen LogP contribution >= 0.6 is 0 Å². The lowest BCUT2D eigenvalue weighted by Crippen LogP contribution is -2.47. The fraction of sp³-hybridized carbons (Fsp3) is 0.529. The average molecular weight is 544 g/mol. The van der Waals surface area contributed by atoms with Crippen molar-refractivity contribution in [3.05, 3.63) is 65.5 Å². The van der Waals surface area contributed by atoms with E-state index in [2.05, 4.69) is 66.3 Å². The molecule has 0 aliphatic heterocycles. The summed E-state index contributed by atoms with van der Waals surface area (Å²) in [5, 5.41) is 0. The molecule has 1 fully saturated rings. The predicted molar refractivity (Wildman–Crippen MR) is 161 cm³/mol. The summed E-state index contributed by atoms with van der Waals surface area (Å²) in [5.41, 5.74) is 5.46. The maximum absolute atomic E-state index is 13.0. The molecule has 3 aromatic rings. The lowest BCUT2D eigenvalue weighted by Gasteiger charge is -2.44. The Bertz CT molecular complexity index is 1350. The number of hydrogen-bond donors (Lipinski definition) is 1. The minimum absolute atomic E-state index is 0.0690. The second-order valence-electron chi connectivity index (χ2n) is 12.2. The van der Waals surface area contributed by atoms with E-state index in [1.807, 2.05) is 19.9 Å². The molecule has 0 saturated heterocycles. The maximum atomic E-state index is 13.0. The van der Waals surface area contributed by atoms with Crippen LogP contribution in [-0.4, -0.2) is 53.7 Å². The van der Waals surface area contributed by atoms with Gasteiger partial charge in [0.15, 0.2) is 0 Å². The molecule has 6 heteroatoms. The van der Waals surface area contributed by atoms with Gasteiger partial charge in [0.2, 0.25) is 0 Å². The molecule has 0 spiro atoms. The van der Waals surface area contributed by atoms with Gasteiger partial charge in [0.05, 0.1) is 18.5 Å². The fourth-order valence-electron chi connectivity index (χ4n) is 6.65. The van der Waals surface area contributed by atoms with Gasteiger partial charge in [0, 0.05) is 25.3 Å². The first-order valence-electron chi connectivity index (χ1n) is 15.0. The summed E-state index contributed by atoms with van der Waals surface area (Å²) in [5.74, 6) is 2.32. The first kappa shape index (κ1) is 28.4. The molecule has 3 aliphatic carbocycles. The molecule has 40 heavy (non-hydrogen) atoms. The molecule has 1 heterocycles. The van der Waals surface area contributed by atoms with Gasteiger partial charge in [-0.3, -0.25) is 4.79 Å². The predicted octanol–water partition coefficient (Wildman–Crippen LogP) is 6.98. The Balaban J connectivity index is 1.26. The molecule has 214 valence electrons. The number of aromatic amines is 1. The van der Waals surface area contributed by atoms with Gasteiger partial charge >= 0.3 is 5.97 Å². The highest BCUT2D eigenvalue weighted by atomic mass is 16.6. The molecule has 6 rings (SSSR count). The van der Waals surface area contributed by atoms with Crippen LogP contribution in [0.5, 0.6) is 5.75 Å². The van der Waals surface area contributed by atoms with Crippen molar-refractivity contribution in [2.45, 2.75) is 71.3 Å². The maximum Gasteiger partial charge on any atom is 0.308 e. The standard InChI is InChI=1S/C34H45N3O3/c1-23(2)33(38)40-34(22-26-13-9-14-27(34)21-28(26)25-11-7-6-8-12-25)18-20-37(4)19-10-15-30-35-31-24(3)16-17-29(39-5)32(31)36-30/h6-8,11-12,16-17,21,23,26-27H,9-10,13-15,18-20,22H2,1-5H3,(H,35,36)/t26-,27-,34+/m1/s1. The molecular formula is C34H45N3O3. The Hall–Kier alpha value is -3.12. The largest absolute Gasteiger partial charge is 0.494 e. The molecule has 0 amide bonds. The van der Waals surface area contributed by atoms with Gasteiger partial charge in [-0.25, -0.2) is 4.98 Å². The number of imidazole rings is 1. The molecule has 1 N–H and O–H groups in total. The van der Waals surface area contributed by atoms with E-state index in [1.165, 1.54) is 17.6 Å². The number of fused-ring (bicyclic) bond motifs is 4. The summed E-state index contributed by atoms with van der Waals surface area (Å²) in [4.78, 5) is 23.7. The summed E-state index contributed by atoms with van der Waals surface area (Å²) in [6, 6.07) is 14.8. The van der Waals surface area contributed by atoms with Gasteiger partial charge in [-0.1, -0.05) is 62.7 Å². The molecule has 3 atom stereocenters. The monoisotopic (exact) mass is 543 g/mol. The van der Waals surface area contributed by atoms with Crippen LogP contribution < -0.4 is 4.74 Å². The van der Waals surface area contributed by atoms with Crippen molar-refractivity contribution in [1.82, 2.24) is 14.9 Å². The molecular weight excluding hydrogens is 498 g/mol. The van der Waals surface area contributed by atoms with E-state index in [0.29, 0.717) is 5.92 Å². The van der Waals surface area contributed by atoms with Crippen LogP contribution in [0.3, 0.4) is 0 Å². The number of H-pyrrole nitrogens is 1. The van der Waals surface area contributed by atoms with Gasteiger partial charge in [-0.2, -0.15) is 0 Å². The normalized spacial score (nSPS) is 22.5. The Morgan fingerprint density at radius 2 is 1.95 bits per heavy atom. The number of methoxy groups -OCH3 is 1. The van der Waals surface area contributed by atoms with Crippen LogP contribution in [0.4, 0.5) is 0 Å². The number of aromatic nitrogens is 2. The zero-order valence-electron chi connectivity index (χ0n) is 24.8. The Kier molecular flexibility index (Phi) is 8.65. The van der Waals surface area contributed by atoms with E-state index in [-0.39, 0.29) is 17.8 Å². The van der Waals surface area contributed by atoms with Crippen LogP contribution in [0, 0.1) is 24.7 Å². The van der Waals surface area contributed by atoms with Crippen LogP contribution in [0.25, 0.3) is 16.6 Å². The number of carbonyl (C=O) groups excluding carboxylic acids is 1. The molecule has 0 unspecified atom stereocenters. The number of allylic oxidation sites excluding steroid dienone is 1. The number of nitrogens with zero attached hydrogens (tertiary/aromatic N) is 2. The van der Waals surface area contributed by atoms with E-state index in [9.17, 15) is 4.79 Å². The van der Waals surface area contributed by atoms with Crippen molar-refractivity contribution in [3.63, 3.8) is 0 Å². The number of benzene rings is 2. The average Bonchev–Trinajstić information content (AvgIpc) is 3.17. The molecule has 1 saturated carbocycles. The molecule has 2 aromatic carbocycles. The van der Waals surface area contributed by atoms with Crippen molar-refractivity contribution in [3.8, 4) is 5.75 Å². The Morgan fingerprint density at radius 1 is 1.15 bits per heavy atom. The van der Waals surface area contributed by atoms with Gasteiger partial charge in [0.1, 0.15) is 22.7 Å². The molecule has 1 aromatic heterocycles. The van der Waals surface area contributed by atoms with E-state index in [0.717, 1.165) is 79.8 Å². The lowest BCUT2D eigenvalue weighted by molar-refractivity contribution is -0.172. The topological polar surface area (TPSA) is 67.5 Å². The highest BCUT2D eigenvalue weighted by Crippen LogP contribution is 2.51. The van der Waals surface area contributed by atoms with Crippen molar-refractivity contribution < 1.29 is 14.3 Å². The van der Waals surface area contributed by atoms with Crippen molar-refractivity contribution in [1.29, 1.82) is 0 Å². The number of ether oxygens (including phenoxy) is 2. The van der Waals surface area contributed by atoms with Crippen LogP contribution in [0.1, 0.15) is 69.3 Å². The van der Waals surface area contributed by atoms with E-state index < -0.39 is 5.60 Å². The van der Waals surface area contributed by atoms with E-state index >= 15 is 0 Å². The van der Waals surface area contributed by atoms with Gasteiger partial charge in [-0.15, -0.1) is 0 Å². The van der Waals surface area contributed by atoms with E-state index in [1.54, 1.807) is 7.11 Å². The Morgan fingerprint density at radius 3 is 2.70 bits per heavy atom. The quantitative estimate of drug-likeness (QED) is 0.264. The summed E-state index contributed by atoms with van der Waals surface area (Å²) in [6.45, 7) is 7.83. The number of hydrogen-bond acceptors (Lipinski definition) is 5. The minimum atomic E-state index is -0.429. The number of nitrogens with one attached hydrogen (secondary N) is 1. The summed E-state index contributed by atoms with van der Waals surface area (Å²) in [6.07, 6.45) is 9.55. The second kappa shape index (κ2) is 12.2. The molecule has 3 aliphatic rings. The van der Waals surface area contributed by atoms with Crippen molar-refractivity contribution in [2.75, 3.05) is 27.2 Å². The zero-order valence-corrected chi connectivity index (χ0v) is 24.8. The molecule has 0 radical (unpaired) electrons. The molecule has 6 nitrogen and oxygen atoms in total. The van der Waals surface area contributed by atoms with Crippen molar-refractivity contribution in [2.24, 2.45) is 17.8 Å². The first-order valence-corrected chi connectivity index (χ1v) is 15.0. The second-order valence-corrected chi connectivity index (χ2v) is 12.2. The third-order valence-electron chi connectivity index (χ3n) is 8.99. The van der Waals surface area contributed by atoms with Crippen molar-refractivity contribution >= 4 is 22.6 Å². The summed E-state index contributed by atoms with van der Waals surface area (Å²) >= 11 is 0. The minimum Gasteiger partial charge on any atom is -0.494 e. The number of esters is 1. The third kappa shape index (κ3) is 5.97. The fourth-order valence-corrected chi connectivity index (χ4v) is 6.65.